The van der Waals surface area contributed by atoms with Crippen molar-refractivity contribution in [1.82, 2.24) is 5.32 Å². The summed E-state index contributed by atoms with van der Waals surface area (Å²) in [4.78, 5) is 2.40. The van der Waals surface area contributed by atoms with E-state index in [0.29, 0.717) is 6.10 Å². The SMILES string of the molecule is CCCNCc1cccc(Cl)c1N1CCC(OC)CC1. The summed E-state index contributed by atoms with van der Waals surface area (Å²) in [5, 5.41) is 4.33. The van der Waals surface area contributed by atoms with E-state index >= 15 is 0 Å². The first-order valence-electron chi connectivity index (χ1n) is 7.52. The van der Waals surface area contributed by atoms with Gasteiger partial charge in [-0.25, -0.2) is 0 Å². The fourth-order valence-electron chi connectivity index (χ4n) is 2.77. The number of piperidine rings is 1. The number of ether oxygens (including phenoxy) is 1. The number of methoxy groups -OCH3 is 1. The first kappa shape index (κ1) is 15.6. The van der Waals surface area contributed by atoms with Crippen LogP contribution in [0, 0.1) is 0 Å². The standard InChI is InChI=1S/C16H25ClN2O/c1-3-9-18-12-13-5-4-6-15(17)16(13)19-10-7-14(20-2)8-11-19/h4-6,14,18H,3,7-12H2,1-2H3. The van der Waals surface area contributed by atoms with Crippen LogP contribution in [0.15, 0.2) is 18.2 Å². The molecule has 0 saturated carbocycles. The number of para-hydroxylation sites is 1. The van der Waals surface area contributed by atoms with Crippen LogP contribution in [0.3, 0.4) is 0 Å². The average molecular weight is 297 g/mol. The van der Waals surface area contributed by atoms with Gasteiger partial charge in [0.1, 0.15) is 0 Å². The van der Waals surface area contributed by atoms with Crippen molar-refractivity contribution in [3.63, 3.8) is 0 Å². The lowest BCUT2D eigenvalue weighted by molar-refractivity contribution is 0.0819. The van der Waals surface area contributed by atoms with Crippen molar-refractivity contribution in [2.75, 3.05) is 31.6 Å². The Morgan fingerprint density at radius 3 is 2.75 bits per heavy atom. The van der Waals surface area contributed by atoms with E-state index in [4.69, 9.17) is 16.3 Å². The van der Waals surface area contributed by atoms with Gasteiger partial charge in [0, 0.05) is 26.7 Å². The van der Waals surface area contributed by atoms with E-state index in [1.54, 1.807) is 7.11 Å². The van der Waals surface area contributed by atoms with Crippen molar-refractivity contribution in [1.29, 1.82) is 0 Å². The van der Waals surface area contributed by atoms with Gasteiger partial charge >= 0.3 is 0 Å². The summed E-state index contributed by atoms with van der Waals surface area (Å²) in [6.45, 7) is 6.14. The van der Waals surface area contributed by atoms with E-state index in [1.165, 1.54) is 11.3 Å². The number of rotatable bonds is 6. The zero-order valence-electron chi connectivity index (χ0n) is 12.5. The molecule has 112 valence electrons. The topological polar surface area (TPSA) is 24.5 Å². The van der Waals surface area contributed by atoms with Gasteiger partial charge in [0.05, 0.1) is 16.8 Å². The number of anilines is 1. The van der Waals surface area contributed by atoms with Gasteiger partial charge in [-0.2, -0.15) is 0 Å². The molecule has 1 aromatic rings. The highest BCUT2D eigenvalue weighted by atomic mass is 35.5. The van der Waals surface area contributed by atoms with Crippen molar-refractivity contribution >= 4 is 17.3 Å². The lowest BCUT2D eigenvalue weighted by Crippen LogP contribution is -2.37. The minimum absolute atomic E-state index is 0.399. The Kier molecular flexibility index (Phi) is 6.14. The third-order valence-corrected chi connectivity index (χ3v) is 4.21. The van der Waals surface area contributed by atoms with E-state index in [9.17, 15) is 0 Å². The van der Waals surface area contributed by atoms with Gasteiger partial charge in [0.2, 0.25) is 0 Å². The first-order chi connectivity index (χ1) is 9.76. The molecule has 1 fully saturated rings. The van der Waals surface area contributed by atoms with Crippen LogP contribution in [-0.2, 0) is 11.3 Å². The first-order valence-corrected chi connectivity index (χ1v) is 7.90. The molecular formula is C16H25ClN2O. The second-order valence-electron chi connectivity index (χ2n) is 5.35. The van der Waals surface area contributed by atoms with Gasteiger partial charge in [-0.05, 0) is 37.4 Å². The molecule has 3 nitrogen and oxygen atoms in total. The average Bonchev–Trinajstić information content (AvgIpc) is 2.48. The van der Waals surface area contributed by atoms with Crippen LogP contribution >= 0.6 is 11.6 Å². The summed E-state index contributed by atoms with van der Waals surface area (Å²) in [7, 11) is 1.80. The Labute approximate surface area is 127 Å². The van der Waals surface area contributed by atoms with E-state index in [2.05, 4.69) is 23.2 Å². The Bertz CT molecular complexity index is 417. The molecule has 0 aliphatic carbocycles. The highest BCUT2D eigenvalue weighted by molar-refractivity contribution is 6.33. The molecule has 20 heavy (non-hydrogen) atoms. The second-order valence-corrected chi connectivity index (χ2v) is 5.75. The quantitative estimate of drug-likeness (QED) is 0.814. The lowest BCUT2D eigenvalue weighted by Gasteiger charge is -2.34. The number of nitrogens with zero attached hydrogens (tertiary/aromatic N) is 1. The molecular weight excluding hydrogens is 272 g/mol. The van der Waals surface area contributed by atoms with Gasteiger partial charge in [0.25, 0.3) is 0 Å². The van der Waals surface area contributed by atoms with E-state index in [-0.39, 0.29) is 0 Å². The number of hydrogen-bond acceptors (Lipinski definition) is 3. The van der Waals surface area contributed by atoms with Gasteiger partial charge in [-0.1, -0.05) is 30.7 Å². The Balaban J connectivity index is 2.09. The third-order valence-electron chi connectivity index (χ3n) is 3.90. The molecule has 0 radical (unpaired) electrons. The number of benzene rings is 1. The number of hydrogen-bond donors (Lipinski definition) is 1. The minimum Gasteiger partial charge on any atom is -0.381 e. The molecule has 0 unspecified atom stereocenters. The summed E-state index contributed by atoms with van der Waals surface area (Å²) in [5.74, 6) is 0. The molecule has 0 atom stereocenters. The maximum atomic E-state index is 6.45. The van der Waals surface area contributed by atoms with Crippen LogP contribution < -0.4 is 10.2 Å². The molecule has 1 heterocycles. The highest BCUT2D eigenvalue weighted by Gasteiger charge is 2.22. The monoisotopic (exact) mass is 296 g/mol. The van der Waals surface area contributed by atoms with Crippen LogP contribution in [-0.4, -0.2) is 32.8 Å². The van der Waals surface area contributed by atoms with E-state index < -0.39 is 0 Å². The molecule has 1 saturated heterocycles. The molecule has 4 heteroatoms. The molecule has 1 aromatic carbocycles. The van der Waals surface area contributed by atoms with E-state index in [1.807, 2.05) is 12.1 Å². The molecule has 0 aromatic heterocycles. The predicted molar refractivity (Wildman–Crippen MR) is 85.7 cm³/mol. The van der Waals surface area contributed by atoms with E-state index in [0.717, 1.165) is 50.5 Å². The zero-order valence-corrected chi connectivity index (χ0v) is 13.2. The smallest absolute Gasteiger partial charge is 0.0642 e. The Morgan fingerprint density at radius 1 is 1.35 bits per heavy atom. The molecule has 0 amide bonds. The van der Waals surface area contributed by atoms with Crippen LogP contribution in [0.25, 0.3) is 0 Å². The van der Waals surface area contributed by atoms with Crippen molar-refractivity contribution in [3.05, 3.63) is 28.8 Å². The fourth-order valence-corrected chi connectivity index (χ4v) is 3.09. The second kappa shape index (κ2) is 7.87. The third kappa shape index (κ3) is 3.87. The zero-order chi connectivity index (χ0) is 14.4. The Morgan fingerprint density at radius 2 is 2.10 bits per heavy atom. The van der Waals surface area contributed by atoms with Crippen LogP contribution in [0.2, 0.25) is 5.02 Å². The molecule has 0 spiro atoms. The Hall–Kier alpha value is -0.770. The summed E-state index contributed by atoms with van der Waals surface area (Å²) in [6.07, 6.45) is 3.69. The lowest BCUT2D eigenvalue weighted by atomic mass is 10.0. The van der Waals surface area contributed by atoms with Crippen molar-refractivity contribution in [2.45, 2.75) is 38.8 Å². The normalized spacial score (nSPS) is 16.6. The van der Waals surface area contributed by atoms with Crippen molar-refractivity contribution in [2.24, 2.45) is 0 Å². The maximum Gasteiger partial charge on any atom is 0.0642 e. The van der Waals surface area contributed by atoms with Gasteiger partial charge < -0.3 is 15.0 Å². The summed E-state index contributed by atoms with van der Waals surface area (Å²) < 4.78 is 5.44. The van der Waals surface area contributed by atoms with Crippen molar-refractivity contribution in [3.8, 4) is 0 Å². The van der Waals surface area contributed by atoms with Crippen LogP contribution in [0.5, 0.6) is 0 Å². The number of nitrogens with one attached hydrogen (secondary N) is 1. The minimum atomic E-state index is 0.399. The van der Waals surface area contributed by atoms with Gasteiger partial charge in [-0.15, -0.1) is 0 Å². The summed E-state index contributed by atoms with van der Waals surface area (Å²) in [5.41, 5.74) is 2.49. The predicted octanol–water partition coefficient (Wildman–Crippen LogP) is 3.45. The number of halogens is 1. The van der Waals surface area contributed by atoms with Gasteiger partial charge in [-0.3, -0.25) is 0 Å². The van der Waals surface area contributed by atoms with Crippen molar-refractivity contribution < 1.29 is 4.74 Å². The van der Waals surface area contributed by atoms with Gasteiger partial charge in [0.15, 0.2) is 0 Å². The molecule has 1 N–H and O–H groups in total. The molecule has 1 aliphatic rings. The highest BCUT2D eigenvalue weighted by Crippen LogP contribution is 2.32. The molecule has 1 aliphatic heterocycles. The largest absolute Gasteiger partial charge is 0.381 e. The fraction of sp³-hybridized carbons (Fsp3) is 0.625. The maximum absolute atomic E-state index is 6.45. The molecule has 0 bridgehead atoms. The summed E-state index contributed by atoms with van der Waals surface area (Å²) >= 11 is 6.45. The van der Waals surface area contributed by atoms with Crippen LogP contribution in [0.4, 0.5) is 5.69 Å². The molecule has 2 rings (SSSR count). The summed E-state index contributed by atoms with van der Waals surface area (Å²) in [6, 6.07) is 6.20. The van der Waals surface area contributed by atoms with Crippen LogP contribution in [0.1, 0.15) is 31.7 Å².